The van der Waals surface area contributed by atoms with E-state index in [1.54, 1.807) is 6.26 Å². The van der Waals surface area contributed by atoms with Gasteiger partial charge in [-0.25, -0.2) is 0 Å². The molecule has 3 rings (SSSR count). The maximum atomic E-state index is 6.01. The molecule has 0 radical (unpaired) electrons. The van der Waals surface area contributed by atoms with E-state index in [0.29, 0.717) is 0 Å². The fourth-order valence-electron chi connectivity index (χ4n) is 2.14. The van der Waals surface area contributed by atoms with Crippen LogP contribution in [-0.4, -0.2) is 0 Å². The third-order valence-electron chi connectivity index (χ3n) is 3.23. The van der Waals surface area contributed by atoms with Crippen LogP contribution in [0, 0.1) is 6.92 Å². The van der Waals surface area contributed by atoms with Crippen LogP contribution in [0.4, 0.5) is 5.69 Å². The zero-order valence-corrected chi connectivity index (χ0v) is 11.4. The highest BCUT2D eigenvalue weighted by Crippen LogP contribution is 2.24. The van der Waals surface area contributed by atoms with E-state index < -0.39 is 0 Å². The third-order valence-corrected chi connectivity index (χ3v) is 3.47. The minimum Gasteiger partial charge on any atom is -0.464 e. The summed E-state index contributed by atoms with van der Waals surface area (Å²) >= 11 is 6.01. The number of fused-ring (bicyclic) bond motifs is 1. The fraction of sp³-hybridized carbons (Fsp3) is 0.125. The van der Waals surface area contributed by atoms with E-state index in [2.05, 4.69) is 18.3 Å². The lowest BCUT2D eigenvalue weighted by molar-refractivity contribution is 0.611. The Bertz CT molecular complexity index is 718. The van der Waals surface area contributed by atoms with Crippen molar-refractivity contribution in [1.82, 2.24) is 0 Å². The van der Waals surface area contributed by atoms with E-state index >= 15 is 0 Å². The second-order valence-electron chi connectivity index (χ2n) is 4.57. The highest BCUT2D eigenvalue weighted by Gasteiger charge is 2.05. The Morgan fingerprint density at radius 1 is 1.16 bits per heavy atom. The number of hydrogen-bond donors (Lipinski definition) is 1. The standard InChI is InChI=1S/C16H14ClNO/c1-11-6-7-13(17)8-15(11)18-9-12-10-19-16-5-3-2-4-14(12)16/h2-8,10,18H,9H2,1H3. The Balaban J connectivity index is 1.84. The van der Waals surface area contributed by atoms with Gasteiger partial charge < -0.3 is 9.73 Å². The Labute approximate surface area is 117 Å². The monoisotopic (exact) mass is 271 g/mol. The quantitative estimate of drug-likeness (QED) is 0.725. The first-order chi connectivity index (χ1) is 9.24. The first-order valence-corrected chi connectivity index (χ1v) is 6.57. The van der Waals surface area contributed by atoms with Gasteiger partial charge >= 0.3 is 0 Å². The molecule has 3 aromatic rings. The minimum atomic E-state index is 0.720. The summed E-state index contributed by atoms with van der Waals surface area (Å²) in [4.78, 5) is 0. The zero-order chi connectivity index (χ0) is 13.2. The van der Waals surface area contributed by atoms with Crippen molar-refractivity contribution in [2.24, 2.45) is 0 Å². The molecule has 0 aliphatic heterocycles. The highest BCUT2D eigenvalue weighted by atomic mass is 35.5. The molecule has 0 atom stereocenters. The van der Waals surface area contributed by atoms with Gasteiger partial charge in [0.15, 0.2) is 0 Å². The Morgan fingerprint density at radius 3 is 2.89 bits per heavy atom. The third kappa shape index (κ3) is 2.45. The molecule has 19 heavy (non-hydrogen) atoms. The number of benzene rings is 2. The number of nitrogens with one attached hydrogen (secondary N) is 1. The Morgan fingerprint density at radius 2 is 2.00 bits per heavy atom. The van der Waals surface area contributed by atoms with Crippen molar-refractivity contribution in [2.45, 2.75) is 13.5 Å². The average molecular weight is 272 g/mol. The molecule has 0 spiro atoms. The molecular formula is C16H14ClNO. The minimum absolute atomic E-state index is 0.720. The van der Waals surface area contributed by atoms with Gasteiger partial charge in [-0.05, 0) is 30.7 Å². The number of halogens is 1. The lowest BCUT2D eigenvalue weighted by Gasteiger charge is -2.09. The second-order valence-corrected chi connectivity index (χ2v) is 5.01. The summed E-state index contributed by atoms with van der Waals surface area (Å²) in [6.07, 6.45) is 1.80. The maximum Gasteiger partial charge on any atom is 0.134 e. The summed E-state index contributed by atoms with van der Waals surface area (Å²) in [6.45, 7) is 2.78. The molecule has 0 saturated carbocycles. The van der Waals surface area contributed by atoms with E-state index in [1.165, 1.54) is 5.56 Å². The Kier molecular flexibility index (Phi) is 3.18. The van der Waals surface area contributed by atoms with Gasteiger partial charge in [-0.3, -0.25) is 0 Å². The molecule has 1 N–H and O–H groups in total. The van der Waals surface area contributed by atoms with E-state index in [1.807, 2.05) is 36.4 Å². The van der Waals surface area contributed by atoms with Crippen LogP contribution in [0.25, 0.3) is 11.0 Å². The van der Waals surface area contributed by atoms with E-state index in [4.69, 9.17) is 16.0 Å². The first-order valence-electron chi connectivity index (χ1n) is 6.19. The SMILES string of the molecule is Cc1ccc(Cl)cc1NCc1coc2ccccc12. The van der Waals surface area contributed by atoms with Gasteiger partial charge in [0.05, 0.1) is 6.26 Å². The Hall–Kier alpha value is -1.93. The molecule has 1 aromatic heterocycles. The number of furan rings is 1. The predicted octanol–water partition coefficient (Wildman–Crippen LogP) is 5.01. The summed E-state index contributed by atoms with van der Waals surface area (Å²) in [6, 6.07) is 13.9. The molecule has 0 amide bonds. The zero-order valence-electron chi connectivity index (χ0n) is 10.6. The molecular weight excluding hydrogens is 258 g/mol. The van der Waals surface area contributed by atoms with Crippen LogP contribution in [0.15, 0.2) is 53.1 Å². The van der Waals surface area contributed by atoms with Gasteiger partial charge in [0, 0.05) is 28.2 Å². The van der Waals surface area contributed by atoms with Crippen LogP contribution >= 0.6 is 11.6 Å². The van der Waals surface area contributed by atoms with Crippen LogP contribution in [0.2, 0.25) is 5.02 Å². The number of rotatable bonds is 3. The van der Waals surface area contributed by atoms with Crippen LogP contribution in [-0.2, 0) is 6.54 Å². The molecule has 0 fully saturated rings. The molecule has 0 aliphatic carbocycles. The summed E-state index contributed by atoms with van der Waals surface area (Å²) in [5, 5.41) is 5.29. The van der Waals surface area contributed by atoms with Gasteiger partial charge in [0.25, 0.3) is 0 Å². The van der Waals surface area contributed by atoms with Gasteiger partial charge in [0.1, 0.15) is 5.58 Å². The van der Waals surface area contributed by atoms with Gasteiger partial charge in [0.2, 0.25) is 0 Å². The number of para-hydroxylation sites is 1. The summed E-state index contributed by atoms with van der Waals surface area (Å²) in [5.74, 6) is 0. The molecule has 2 nitrogen and oxygen atoms in total. The number of hydrogen-bond acceptors (Lipinski definition) is 2. The maximum absolute atomic E-state index is 6.01. The van der Waals surface area contributed by atoms with Crippen molar-refractivity contribution in [3.63, 3.8) is 0 Å². The fourth-order valence-corrected chi connectivity index (χ4v) is 2.32. The van der Waals surface area contributed by atoms with E-state index in [9.17, 15) is 0 Å². The molecule has 0 unspecified atom stereocenters. The molecule has 2 aromatic carbocycles. The largest absolute Gasteiger partial charge is 0.464 e. The molecule has 0 bridgehead atoms. The van der Waals surface area contributed by atoms with Crippen LogP contribution in [0.5, 0.6) is 0 Å². The van der Waals surface area contributed by atoms with Gasteiger partial charge in [-0.2, -0.15) is 0 Å². The van der Waals surface area contributed by atoms with Crippen molar-refractivity contribution >= 4 is 28.3 Å². The summed E-state index contributed by atoms with van der Waals surface area (Å²) < 4.78 is 5.53. The number of anilines is 1. The topological polar surface area (TPSA) is 25.2 Å². The molecule has 0 aliphatic rings. The second kappa shape index (κ2) is 4.98. The highest BCUT2D eigenvalue weighted by molar-refractivity contribution is 6.30. The van der Waals surface area contributed by atoms with Crippen molar-refractivity contribution in [2.75, 3.05) is 5.32 Å². The average Bonchev–Trinajstić information content (AvgIpc) is 2.83. The van der Waals surface area contributed by atoms with Crippen LogP contribution in [0.3, 0.4) is 0 Å². The molecule has 1 heterocycles. The van der Waals surface area contributed by atoms with Crippen molar-refractivity contribution in [1.29, 1.82) is 0 Å². The van der Waals surface area contributed by atoms with Crippen molar-refractivity contribution in [3.05, 3.63) is 64.9 Å². The van der Waals surface area contributed by atoms with Crippen LogP contribution in [0.1, 0.15) is 11.1 Å². The lowest BCUT2D eigenvalue weighted by Crippen LogP contribution is -2.00. The normalized spacial score (nSPS) is 10.8. The van der Waals surface area contributed by atoms with Gasteiger partial charge in [-0.1, -0.05) is 35.9 Å². The summed E-state index contributed by atoms with van der Waals surface area (Å²) in [5.41, 5.74) is 4.30. The number of aryl methyl sites for hydroxylation is 1. The lowest BCUT2D eigenvalue weighted by atomic mass is 10.1. The van der Waals surface area contributed by atoms with Crippen molar-refractivity contribution in [3.8, 4) is 0 Å². The first kappa shape index (κ1) is 12.1. The van der Waals surface area contributed by atoms with Gasteiger partial charge in [-0.15, -0.1) is 0 Å². The summed E-state index contributed by atoms with van der Waals surface area (Å²) in [7, 11) is 0. The van der Waals surface area contributed by atoms with E-state index in [-0.39, 0.29) is 0 Å². The smallest absolute Gasteiger partial charge is 0.134 e. The predicted molar refractivity (Wildman–Crippen MR) is 79.7 cm³/mol. The molecule has 0 saturated heterocycles. The molecule has 96 valence electrons. The van der Waals surface area contributed by atoms with Crippen LogP contribution < -0.4 is 5.32 Å². The van der Waals surface area contributed by atoms with E-state index in [0.717, 1.165) is 33.8 Å². The van der Waals surface area contributed by atoms with Crippen molar-refractivity contribution < 1.29 is 4.42 Å². The molecule has 3 heteroatoms.